The Labute approximate surface area is 114 Å². The first-order valence-corrected chi connectivity index (χ1v) is 7.18. The van der Waals surface area contributed by atoms with Crippen LogP contribution in [-0.2, 0) is 9.53 Å². The molecular weight excluding hydrogens is 244 g/mol. The molecule has 0 aliphatic heterocycles. The molecule has 0 bridgehead atoms. The second kappa shape index (κ2) is 6.95. The van der Waals surface area contributed by atoms with E-state index < -0.39 is 0 Å². The minimum Gasteiger partial charge on any atom is -0.379 e. The molecule has 1 aromatic carbocycles. The molecule has 2 nitrogen and oxygen atoms in total. The summed E-state index contributed by atoms with van der Waals surface area (Å²) in [5.74, 6) is 0.829. The predicted molar refractivity (Wildman–Crippen MR) is 77.2 cm³/mol. The van der Waals surface area contributed by atoms with Gasteiger partial charge in [0, 0.05) is 18.4 Å². The number of ether oxygens (including phenoxy) is 1. The third kappa shape index (κ3) is 5.69. The summed E-state index contributed by atoms with van der Waals surface area (Å²) in [6.45, 7) is 6.08. The maximum Gasteiger partial charge on any atom is 0.143 e. The molecule has 0 fully saturated rings. The first kappa shape index (κ1) is 15.3. The van der Waals surface area contributed by atoms with Crippen molar-refractivity contribution >= 4 is 17.5 Å². The number of hydrogen-bond acceptors (Lipinski definition) is 3. The van der Waals surface area contributed by atoms with Crippen LogP contribution in [0.15, 0.2) is 29.2 Å². The molecule has 0 radical (unpaired) electrons. The molecule has 0 spiro atoms. The highest BCUT2D eigenvalue weighted by Gasteiger charge is 2.17. The lowest BCUT2D eigenvalue weighted by atomic mass is 10.0. The maximum atomic E-state index is 11.8. The first-order valence-electron chi connectivity index (χ1n) is 6.19. The van der Waals surface area contributed by atoms with Crippen LogP contribution < -0.4 is 0 Å². The van der Waals surface area contributed by atoms with E-state index in [2.05, 4.69) is 19.1 Å². The highest BCUT2D eigenvalue weighted by molar-refractivity contribution is 8.00. The number of benzene rings is 1. The lowest BCUT2D eigenvalue weighted by molar-refractivity contribution is -0.118. The van der Waals surface area contributed by atoms with E-state index in [4.69, 9.17) is 4.74 Å². The Morgan fingerprint density at radius 3 is 2.72 bits per heavy atom. The molecule has 0 saturated carbocycles. The van der Waals surface area contributed by atoms with E-state index >= 15 is 0 Å². The van der Waals surface area contributed by atoms with Crippen molar-refractivity contribution in [3.05, 3.63) is 29.8 Å². The molecule has 3 heteroatoms. The Morgan fingerprint density at radius 1 is 1.39 bits per heavy atom. The van der Waals surface area contributed by atoms with Crippen LogP contribution in [-0.4, -0.2) is 24.2 Å². The Kier molecular flexibility index (Phi) is 5.89. The molecule has 100 valence electrons. The standard InChI is InChI=1S/C15H22O2S/c1-12-6-5-7-14(10-12)18-11-13(16)8-9-15(2,3)17-4/h5-7,10H,8-9,11H2,1-4H3. The summed E-state index contributed by atoms with van der Waals surface area (Å²) in [6, 6.07) is 8.24. The van der Waals surface area contributed by atoms with Crippen molar-refractivity contribution in [1.29, 1.82) is 0 Å². The van der Waals surface area contributed by atoms with E-state index in [0.29, 0.717) is 12.2 Å². The van der Waals surface area contributed by atoms with Gasteiger partial charge in [-0.3, -0.25) is 4.79 Å². The van der Waals surface area contributed by atoms with Gasteiger partial charge < -0.3 is 4.74 Å². The predicted octanol–water partition coefficient (Wildman–Crippen LogP) is 3.86. The SMILES string of the molecule is COC(C)(C)CCC(=O)CSc1cccc(C)c1. The monoisotopic (exact) mass is 266 g/mol. The fourth-order valence-electron chi connectivity index (χ4n) is 1.48. The minimum atomic E-state index is -0.205. The lowest BCUT2D eigenvalue weighted by Gasteiger charge is -2.22. The number of aryl methyl sites for hydroxylation is 1. The average molecular weight is 266 g/mol. The summed E-state index contributed by atoms with van der Waals surface area (Å²) in [6.07, 6.45) is 1.36. The maximum absolute atomic E-state index is 11.8. The number of thioether (sulfide) groups is 1. The van der Waals surface area contributed by atoms with E-state index in [1.807, 2.05) is 26.0 Å². The van der Waals surface area contributed by atoms with Gasteiger partial charge in [0.15, 0.2) is 0 Å². The largest absolute Gasteiger partial charge is 0.379 e. The van der Waals surface area contributed by atoms with Crippen LogP contribution >= 0.6 is 11.8 Å². The molecular formula is C15H22O2S. The van der Waals surface area contributed by atoms with E-state index in [1.165, 1.54) is 5.56 Å². The Hall–Kier alpha value is -0.800. The summed E-state index contributed by atoms with van der Waals surface area (Å²) in [7, 11) is 1.69. The van der Waals surface area contributed by atoms with Gasteiger partial charge in [-0.1, -0.05) is 17.7 Å². The second-order valence-corrected chi connectivity index (χ2v) is 6.16. The molecule has 0 aliphatic rings. The molecule has 0 atom stereocenters. The number of methoxy groups -OCH3 is 1. The molecule has 0 unspecified atom stereocenters. The van der Waals surface area contributed by atoms with Crippen LogP contribution in [0.1, 0.15) is 32.3 Å². The van der Waals surface area contributed by atoms with Gasteiger partial charge in [0.25, 0.3) is 0 Å². The Balaban J connectivity index is 2.34. The quantitative estimate of drug-likeness (QED) is 0.701. The number of hydrogen-bond donors (Lipinski definition) is 0. The fourth-order valence-corrected chi connectivity index (χ4v) is 2.40. The first-order chi connectivity index (χ1) is 8.43. The second-order valence-electron chi connectivity index (χ2n) is 5.11. The van der Waals surface area contributed by atoms with Gasteiger partial charge >= 0.3 is 0 Å². The van der Waals surface area contributed by atoms with Gasteiger partial charge in [0.1, 0.15) is 5.78 Å². The van der Waals surface area contributed by atoms with Gasteiger partial charge in [-0.15, -0.1) is 11.8 Å². The van der Waals surface area contributed by atoms with Crippen molar-refractivity contribution in [3.8, 4) is 0 Å². The zero-order valence-corrected chi connectivity index (χ0v) is 12.5. The smallest absolute Gasteiger partial charge is 0.143 e. The topological polar surface area (TPSA) is 26.3 Å². The van der Waals surface area contributed by atoms with Gasteiger partial charge in [-0.05, 0) is 39.3 Å². The van der Waals surface area contributed by atoms with Crippen molar-refractivity contribution in [3.63, 3.8) is 0 Å². The van der Waals surface area contributed by atoms with Crippen molar-refractivity contribution < 1.29 is 9.53 Å². The van der Waals surface area contributed by atoms with E-state index in [0.717, 1.165) is 11.3 Å². The van der Waals surface area contributed by atoms with Gasteiger partial charge in [-0.25, -0.2) is 0 Å². The zero-order chi connectivity index (χ0) is 13.6. The molecule has 0 amide bonds. The lowest BCUT2D eigenvalue weighted by Crippen LogP contribution is -2.23. The molecule has 0 aliphatic carbocycles. The Morgan fingerprint density at radius 2 is 2.11 bits per heavy atom. The number of carbonyl (C=O) groups excluding carboxylic acids is 1. The molecule has 1 rings (SSSR count). The van der Waals surface area contributed by atoms with Crippen LogP contribution in [0.3, 0.4) is 0 Å². The number of rotatable bonds is 7. The van der Waals surface area contributed by atoms with Crippen molar-refractivity contribution in [1.82, 2.24) is 0 Å². The molecule has 18 heavy (non-hydrogen) atoms. The molecule has 0 N–H and O–H groups in total. The summed E-state index contributed by atoms with van der Waals surface area (Å²) in [4.78, 5) is 12.9. The number of carbonyl (C=O) groups is 1. The third-order valence-corrected chi connectivity index (χ3v) is 4.00. The molecule has 0 saturated heterocycles. The molecule has 0 aromatic heterocycles. The van der Waals surface area contributed by atoms with Crippen molar-refractivity contribution in [2.75, 3.05) is 12.9 Å². The van der Waals surface area contributed by atoms with E-state index in [1.54, 1.807) is 18.9 Å². The summed E-state index contributed by atoms with van der Waals surface area (Å²) < 4.78 is 5.31. The van der Waals surface area contributed by atoms with E-state index in [9.17, 15) is 4.79 Å². The van der Waals surface area contributed by atoms with Gasteiger partial charge in [-0.2, -0.15) is 0 Å². The normalized spacial score (nSPS) is 11.6. The average Bonchev–Trinajstić information content (AvgIpc) is 2.34. The van der Waals surface area contributed by atoms with Crippen molar-refractivity contribution in [2.24, 2.45) is 0 Å². The summed E-state index contributed by atoms with van der Waals surface area (Å²) in [5.41, 5.74) is 1.02. The fraction of sp³-hybridized carbons (Fsp3) is 0.533. The highest BCUT2D eigenvalue weighted by atomic mass is 32.2. The minimum absolute atomic E-state index is 0.205. The summed E-state index contributed by atoms with van der Waals surface area (Å²) >= 11 is 1.61. The van der Waals surface area contributed by atoms with Crippen LogP contribution in [0, 0.1) is 6.92 Å². The molecule has 0 heterocycles. The van der Waals surface area contributed by atoms with Crippen LogP contribution in [0.4, 0.5) is 0 Å². The van der Waals surface area contributed by atoms with Crippen LogP contribution in [0.5, 0.6) is 0 Å². The highest BCUT2D eigenvalue weighted by Crippen LogP contribution is 2.21. The van der Waals surface area contributed by atoms with Gasteiger partial charge in [0.2, 0.25) is 0 Å². The van der Waals surface area contributed by atoms with Gasteiger partial charge in [0.05, 0.1) is 11.4 Å². The number of ketones is 1. The van der Waals surface area contributed by atoms with Crippen LogP contribution in [0.2, 0.25) is 0 Å². The Bertz CT molecular complexity index is 399. The molecule has 1 aromatic rings. The van der Waals surface area contributed by atoms with Crippen molar-refractivity contribution in [2.45, 2.75) is 44.1 Å². The zero-order valence-electron chi connectivity index (χ0n) is 11.7. The third-order valence-electron chi connectivity index (χ3n) is 2.95. The summed E-state index contributed by atoms with van der Waals surface area (Å²) in [5, 5.41) is 0. The number of Topliss-reactive ketones (excluding diaryl/α,β-unsaturated/α-hetero) is 1. The van der Waals surface area contributed by atoms with Crippen LogP contribution in [0.25, 0.3) is 0 Å². The van der Waals surface area contributed by atoms with E-state index in [-0.39, 0.29) is 11.4 Å².